The fraction of sp³-hybridized carbons (Fsp3) is 0.125. The number of Topliss-reactive ketones (excluding diaryl/α,β-unsaturated/α-hetero) is 2. The first-order valence-corrected chi connectivity index (χ1v) is 9.13. The quantitative estimate of drug-likeness (QED) is 0.666. The van der Waals surface area contributed by atoms with Crippen molar-refractivity contribution in [2.45, 2.75) is 6.92 Å². The van der Waals surface area contributed by atoms with Crippen LogP contribution in [0.15, 0.2) is 60.7 Å². The summed E-state index contributed by atoms with van der Waals surface area (Å²) >= 11 is 0. The third-order valence-electron chi connectivity index (χ3n) is 4.94. The number of hydrogen-bond acceptors (Lipinski definition) is 5. The predicted octanol–water partition coefficient (Wildman–Crippen LogP) is 4.40. The van der Waals surface area contributed by atoms with Crippen LogP contribution in [0.5, 0.6) is 11.5 Å². The minimum atomic E-state index is -0.272. The van der Waals surface area contributed by atoms with Crippen molar-refractivity contribution in [3.8, 4) is 11.5 Å². The molecule has 1 aliphatic rings. The lowest BCUT2D eigenvalue weighted by atomic mass is 9.80. The summed E-state index contributed by atoms with van der Waals surface area (Å²) in [6.45, 7) is 1.80. The Hall–Kier alpha value is -3.73. The molecule has 0 amide bonds. The lowest BCUT2D eigenvalue weighted by molar-refractivity contribution is 0.100. The van der Waals surface area contributed by atoms with Crippen LogP contribution >= 0.6 is 0 Å². The van der Waals surface area contributed by atoms with Crippen LogP contribution in [0.1, 0.15) is 37.7 Å². The summed E-state index contributed by atoms with van der Waals surface area (Å²) in [7, 11) is 3.14. The molecule has 4 rings (SSSR count). The summed E-state index contributed by atoms with van der Waals surface area (Å²) in [5, 5.41) is 0. The molecule has 1 aliphatic carbocycles. The Morgan fingerprint density at radius 3 is 2.10 bits per heavy atom. The molecule has 0 radical (unpaired) electrons. The van der Waals surface area contributed by atoms with Gasteiger partial charge in [0.15, 0.2) is 5.78 Å². The van der Waals surface area contributed by atoms with Gasteiger partial charge in [0.2, 0.25) is 5.78 Å². The topological polar surface area (TPSA) is 65.5 Å². The standard InChI is InChI=1S/C24H19NO4/c1-14-7-12-19-22(25-14)24(27)20(15-8-10-17(28-2)11-9-15)21(23(19)26)16-5-4-6-18(13-16)29-3/h4-13H,1-3H3. The Bertz CT molecular complexity index is 1160. The van der Waals surface area contributed by atoms with E-state index in [9.17, 15) is 9.59 Å². The maximum atomic E-state index is 13.5. The monoisotopic (exact) mass is 385 g/mol. The Kier molecular flexibility index (Phi) is 4.72. The highest BCUT2D eigenvalue weighted by molar-refractivity contribution is 6.51. The molecule has 1 heterocycles. The second-order valence-electron chi connectivity index (χ2n) is 6.72. The van der Waals surface area contributed by atoms with E-state index in [1.807, 2.05) is 0 Å². The maximum Gasteiger partial charge on any atom is 0.213 e. The van der Waals surface area contributed by atoms with Crippen LogP contribution in [-0.2, 0) is 0 Å². The van der Waals surface area contributed by atoms with Crippen molar-refractivity contribution in [2.75, 3.05) is 14.2 Å². The number of benzene rings is 2. The van der Waals surface area contributed by atoms with Crippen LogP contribution in [0.2, 0.25) is 0 Å². The third-order valence-corrected chi connectivity index (χ3v) is 4.94. The number of rotatable bonds is 4. The van der Waals surface area contributed by atoms with Gasteiger partial charge in [-0.15, -0.1) is 0 Å². The van der Waals surface area contributed by atoms with Gasteiger partial charge in [-0.2, -0.15) is 0 Å². The molecular formula is C24H19NO4. The second-order valence-corrected chi connectivity index (χ2v) is 6.72. The van der Waals surface area contributed by atoms with Crippen molar-refractivity contribution in [1.29, 1.82) is 0 Å². The molecule has 3 aromatic rings. The van der Waals surface area contributed by atoms with Crippen molar-refractivity contribution in [1.82, 2.24) is 4.98 Å². The molecular weight excluding hydrogens is 366 g/mol. The number of aromatic nitrogens is 1. The van der Waals surface area contributed by atoms with Gasteiger partial charge in [-0.1, -0.05) is 24.3 Å². The lowest BCUT2D eigenvalue weighted by Crippen LogP contribution is -2.22. The van der Waals surface area contributed by atoms with E-state index in [0.29, 0.717) is 45.0 Å². The van der Waals surface area contributed by atoms with E-state index < -0.39 is 0 Å². The zero-order valence-corrected chi connectivity index (χ0v) is 16.4. The number of fused-ring (bicyclic) bond motifs is 1. The SMILES string of the molecule is COc1ccc(C2=C(c3cccc(OC)c3)C(=O)c3ccc(C)nc3C2=O)cc1. The lowest BCUT2D eigenvalue weighted by Gasteiger charge is -2.21. The average molecular weight is 385 g/mol. The smallest absolute Gasteiger partial charge is 0.213 e. The highest BCUT2D eigenvalue weighted by Gasteiger charge is 2.35. The van der Waals surface area contributed by atoms with E-state index in [0.717, 1.165) is 0 Å². The number of carbonyl (C=O) groups excluding carboxylic acids is 2. The number of carbonyl (C=O) groups is 2. The van der Waals surface area contributed by atoms with Gasteiger partial charge < -0.3 is 9.47 Å². The van der Waals surface area contributed by atoms with Crippen molar-refractivity contribution >= 4 is 22.7 Å². The summed E-state index contributed by atoms with van der Waals surface area (Å²) < 4.78 is 10.5. The van der Waals surface area contributed by atoms with Gasteiger partial charge in [0.1, 0.15) is 17.2 Å². The number of hydrogen-bond donors (Lipinski definition) is 0. The number of ether oxygens (including phenoxy) is 2. The third kappa shape index (κ3) is 3.21. The first-order chi connectivity index (χ1) is 14.0. The van der Waals surface area contributed by atoms with Crippen LogP contribution in [0, 0.1) is 6.92 Å². The van der Waals surface area contributed by atoms with E-state index in [1.54, 1.807) is 81.8 Å². The van der Waals surface area contributed by atoms with Crippen molar-refractivity contribution < 1.29 is 19.1 Å². The van der Waals surface area contributed by atoms with E-state index in [2.05, 4.69) is 4.98 Å². The highest BCUT2D eigenvalue weighted by Crippen LogP contribution is 2.38. The molecule has 0 N–H and O–H groups in total. The molecule has 0 fully saturated rings. The molecule has 0 bridgehead atoms. The minimum Gasteiger partial charge on any atom is -0.497 e. The minimum absolute atomic E-state index is 0.187. The molecule has 0 saturated carbocycles. The van der Waals surface area contributed by atoms with Crippen LogP contribution in [0.4, 0.5) is 0 Å². The van der Waals surface area contributed by atoms with Crippen molar-refractivity contribution in [2.24, 2.45) is 0 Å². The Morgan fingerprint density at radius 2 is 1.41 bits per heavy atom. The van der Waals surface area contributed by atoms with Gasteiger partial charge in [-0.05, 0) is 54.4 Å². The molecule has 0 unspecified atom stereocenters. The number of methoxy groups -OCH3 is 2. The molecule has 5 heteroatoms. The summed E-state index contributed by atoms with van der Waals surface area (Å²) in [4.78, 5) is 31.3. The fourth-order valence-corrected chi connectivity index (χ4v) is 3.48. The molecule has 5 nitrogen and oxygen atoms in total. The highest BCUT2D eigenvalue weighted by atomic mass is 16.5. The average Bonchev–Trinajstić information content (AvgIpc) is 2.76. The molecule has 0 atom stereocenters. The largest absolute Gasteiger partial charge is 0.497 e. The first-order valence-electron chi connectivity index (χ1n) is 9.13. The van der Waals surface area contributed by atoms with E-state index in [-0.39, 0.29) is 17.3 Å². The molecule has 2 aromatic carbocycles. The van der Waals surface area contributed by atoms with Crippen LogP contribution in [0.25, 0.3) is 11.1 Å². The number of aryl methyl sites for hydroxylation is 1. The van der Waals surface area contributed by atoms with Gasteiger partial charge in [0.05, 0.1) is 19.8 Å². The molecule has 1 aromatic heterocycles. The zero-order valence-electron chi connectivity index (χ0n) is 16.4. The van der Waals surface area contributed by atoms with Gasteiger partial charge >= 0.3 is 0 Å². The van der Waals surface area contributed by atoms with E-state index >= 15 is 0 Å². The van der Waals surface area contributed by atoms with Crippen molar-refractivity contribution in [3.63, 3.8) is 0 Å². The summed E-state index contributed by atoms with van der Waals surface area (Å²) in [5.41, 5.74) is 3.12. The van der Waals surface area contributed by atoms with Gasteiger partial charge in [0, 0.05) is 16.8 Å². The number of pyridine rings is 1. The van der Waals surface area contributed by atoms with Crippen LogP contribution in [0.3, 0.4) is 0 Å². The van der Waals surface area contributed by atoms with Gasteiger partial charge in [0.25, 0.3) is 0 Å². The molecule has 29 heavy (non-hydrogen) atoms. The maximum absolute atomic E-state index is 13.5. The van der Waals surface area contributed by atoms with Crippen LogP contribution < -0.4 is 9.47 Å². The Labute approximate surface area is 168 Å². The van der Waals surface area contributed by atoms with E-state index in [4.69, 9.17) is 9.47 Å². The van der Waals surface area contributed by atoms with Crippen LogP contribution in [-0.4, -0.2) is 30.8 Å². The Balaban J connectivity index is 2.01. The summed E-state index contributed by atoms with van der Waals surface area (Å²) in [6.07, 6.45) is 0. The van der Waals surface area contributed by atoms with Crippen molar-refractivity contribution in [3.05, 3.63) is 88.7 Å². The molecule has 0 aliphatic heterocycles. The fourth-order valence-electron chi connectivity index (χ4n) is 3.48. The van der Waals surface area contributed by atoms with Gasteiger partial charge in [-0.3, -0.25) is 9.59 Å². The second kappa shape index (κ2) is 7.36. The predicted molar refractivity (Wildman–Crippen MR) is 110 cm³/mol. The summed E-state index contributed by atoms with van der Waals surface area (Å²) in [5.74, 6) is 0.774. The Morgan fingerprint density at radius 1 is 0.724 bits per heavy atom. The number of ketones is 2. The number of nitrogens with zero attached hydrogens (tertiary/aromatic N) is 1. The normalized spacial score (nSPS) is 13.3. The zero-order chi connectivity index (χ0) is 20.5. The molecule has 0 spiro atoms. The number of allylic oxidation sites excluding steroid dienone is 2. The first kappa shape index (κ1) is 18.6. The van der Waals surface area contributed by atoms with E-state index in [1.165, 1.54) is 0 Å². The molecule has 0 saturated heterocycles. The molecule has 144 valence electrons. The van der Waals surface area contributed by atoms with Gasteiger partial charge in [-0.25, -0.2) is 4.98 Å². The summed E-state index contributed by atoms with van der Waals surface area (Å²) in [6, 6.07) is 17.7.